The van der Waals surface area contributed by atoms with E-state index in [1.54, 1.807) is 6.92 Å². The molecule has 5 heteroatoms. The van der Waals surface area contributed by atoms with Crippen molar-refractivity contribution in [1.82, 2.24) is 0 Å². The summed E-state index contributed by atoms with van der Waals surface area (Å²) in [6.07, 6.45) is -1.83. The molecule has 0 aromatic heterocycles. The summed E-state index contributed by atoms with van der Waals surface area (Å²) in [7, 11) is 0. The standard InChI is InChI=1S/C4H8O2.CH2O3/c1-3-6-4(2)5;2-1(3)4/h3H2,1-2H3;(H2,2,3,4). The molecular formula is C5H10O5. The van der Waals surface area contributed by atoms with Gasteiger partial charge >= 0.3 is 12.1 Å². The molecule has 0 aliphatic heterocycles. The monoisotopic (exact) mass is 150 g/mol. The first-order chi connectivity index (χ1) is 4.50. The van der Waals surface area contributed by atoms with Crippen LogP contribution in [0.4, 0.5) is 4.79 Å². The van der Waals surface area contributed by atoms with Crippen LogP contribution in [-0.2, 0) is 9.53 Å². The molecule has 0 saturated heterocycles. The lowest BCUT2D eigenvalue weighted by Gasteiger charge is -1.89. The van der Waals surface area contributed by atoms with Crippen molar-refractivity contribution in [1.29, 1.82) is 0 Å². The molecule has 0 aromatic rings. The summed E-state index contributed by atoms with van der Waals surface area (Å²) >= 11 is 0. The Morgan fingerprint density at radius 3 is 1.70 bits per heavy atom. The van der Waals surface area contributed by atoms with E-state index in [4.69, 9.17) is 15.0 Å². The van der Waals surface area contributed by atoms with Gasteiger partial charge in [0.1, 0.15) is 0 Å². The third kappa shape index (κ3) is 73.3. The second-order valence-corrected chi connectivity index (χ2v) is 1.21. The molecule has 60 valence electrons. The fourth-order valence-corrected chi connectivity index (χ4v) is 0.203. The molecule has 10 heavy (non-hydrogen) atoms. The number of rotatable bonds is 1. The zero-order valence-corrected chi connectivity index (χ0v) is 5.83. The summed E-state index contributed by atoms with van der Waals surface area (Å²) in [6.45, 7) is 3.65. The fraction of sp³-hybridized carbons (Fsp3) is 0.600. The number of carbonyl (C=O) groups is 2. The van der Waals surface area contributed by atoms with Gasteiger partial charge in [-0.2, -0.15) is 0 Å². The minimum absolute atomic E-state index is 0.211. The van der Waals surface area contributed by atoms with Crippen molar-refractivity contribution in [2.75, 3.05) is 6.61 Å². The normalized spacial score (nSPS) is 7.00. The highest BCUT2D eigenvalue weighted by Crippen LogP contribution is 1.69. The van der Waals surface area contributed by atoms with Gasteiger partial charge in [0.05, 0.1) is 6.61 Å². The quantitative estimate of drug-likeness (QED) is 0.540. The first-order valence-corrected chi connectivity index (χ1v) is 2.56. The number of hydrogen-bond donors (Lipinski definition) is 2. The molecule has 0 aromatic carbocycles. The van der Waals surface area contributed by atoms with Crippen molar-refractivity contribution < 1.29 is 24.5 Å². The summed E-state index contributed by atoms with van der Waals surface area (Å²) in [5.74, 6) is -0.211. The lowest BCUT2D eigenvalue weighted by Crippen LogP contribution is -1.95. The van der Waals surface area contributed by atoms with E-state index in [1.807, 2.05) is 0 Å². The van der Waals surface area contributed by atoms with Gasteiger partial charge in [0.2, 0.25) is 0 Å². The predicted molar refractivity (Wildman–Crippen MR) is 33.0 cm³/mol. The maximum atomic E-state index is 9.82. The lowest BCUT2D eigenvalue weighted by atomic mass is 10.8. The molecular weight excluding hydrogens is 140 g/mol. The maximum Gasteiger partial charge on any atom is 0.503 e. The number of carbonyl (C=O) groups excluding carboxylic acids is 1. The zero-order valence-electron chi connectivity index (χ0n) is 5.83. The Morgan fingerprint density at radius 1 is 1.40 bits per heavy atom. The number of esters is 1. The summed E-state index contributed by atoms with van der Waals surface area (Å²) in [4.78, 5) is 18.4. The molecule has 0 saturated carbocycles. The molecule has 0 fully saturated rings. The Balaban J connectivity index is 0. The van der Waals surface area contributed by atoms with Gasteiger partial charge in [-0.25, -0.2) is 4.79 Å². The largest absolute Gasteiger partial charge is 0.503 e. The Morgan fingerprint density at radius 2 is 1.70 bits per heavy atom. The van der Waals surface area contributed by atoms with Gasteiger partial charge in [-0.05, 0) is 6.92 Å². The van der Waals surface area contributed by atoms with E-state index < -0.39 is 6.16 Å². The van der Waals surface area contributed by atoms with Crippen LogP contribution in [0, 0.1) is 0 Å². The number of ether oxygens (including phenoxy) is 1. The molecule has 0 aliphatic rings. The van der Waals surface area contributed by atoms with Crippen molar-refractivity contribution in [3.63, 3.8) is 0 Å². The van der Waals surface area contributed by atoms with E-state index >= 15 is 0 Å². The summed E-state index contributed by atoms with van der Waals surface area (Å²) in [6, 6.07) is 0. The van der Waals surface area contributed by atoms with Gasteiger partial charge in [0, 0.05) is 6.92 Å². The van der Waals surface area contributed by atoms with Crippen LogP contribution in [0.15, 0.2) is 0 Å². The Kier molecular flexibility index (Phi) is 8.92. The molecule has 5 nitrogen and oxygen atoms in total. The van der Waals surface area contributed by atoms with Crippen LogP contribution in [0.3, 0.4) is 0 Å². The molecule has 0 unspecified atom stereocenters. The molecule has 0 spiro atoms. The molecule has 0 heterocycles. The van der Waals surface area contributed by atoms with Gasteiger partial charge in [0.25, 0.3) is 0 Å². The average Bonchev–Trinajstić information content (AvgIpc) is 1.62. The second-order valence-electron chi connectivity index (χ2n) is 1.21. The topological polar surface area (TPSA) is 83.8 Å². The molecule has 0 radical (unpaired) electrons. The van der Waals surface area contributed by atoms with Gasteiger partial charge in [-0.3, -0.25) is 4.79 Å². The molecule has 0 atom stereocenters. The summed E-state index contributed by atoms with van der Waals surface area (Å²) < 4.78 is 4.40. The van der Waals surface area contributed by atoms with Gasteiger partial charge in [-0.15, -0.1) is 0 Å². The van der Waals surface area contributed by atoms with E-state index in [-0.39, 0.29) is 5.97 Å². The van der Waals surface area contributed by atoms with Crippen LogP contribution in [0.5, 0.6) is 0 Å². The van der Waals surface area contributed by atoms with Crippen LogP contribution >= 0.6 is 0 Å². The van der Waals surface area contributed by atoms with Gasteiger partial charge in [-0.1, -0.05) is 0 Å². The highest BCUT2D eigenvalue weighted by Gasteiger charge is 1.81. The fourth-order valence-electron chi connectivity index (χ4n) is 0.203. The summed E-state index contributed by atoms with van der Waals surface area (Å²) in [5, 5.41) is 13.9. The van der Waals surface area contributed by atoms with E-state index in [0.717, 1.165) is 0 Å². The van der Waals surface area contributed by atoms with Crippen LogP contribution in [0.25, 0.3) is 0 Å². The van der Waals surface area contributed by atoms with E-state index in [9.17, 15) is 4.79 Å². The minimum Gasteiger partial charge on any atom is -0.466 e. The average molecular weight is 150 g/mol. The van der Waals surface area contributed by atoms with Crippen molar-refractivity contribution >= 4 is 12.1 Å². The predicted octanol–water partition coefficient (Wildman–Crippen LogP) is 0.792. The van der Waals surface area contributed by atoms with Crippen LogP contribution < -0.4 is 0 Å². The Bertz CT molecular complexity index is 105. The van der Waals surface area contributed by atoms with Crippen molar-refractivity contribution in [3.8, 4) is 0 Å². The van der Waals surface area contributed by atoms with Crippen LogP contribution in [0.1, 0.15) is 13.8 Å². The van der Waals surface area contributed by atoms with Crippen molar-refractivity contribution in [3.05, 3.63) is 0 Å². The lowest BCUT2D eigenvalue weighted by molar-refractivity contribution is -0.140. The van der Waals surface area contributed by atoms with E-state index in [0.29, 0.717) is 6.61 Å². The molecule has 0 rings (SSSR count). The molecule has 2 N–H and O–H groups in total. The number of carboxylic acid groups (broad SMARTS) is 2. The third-order valence-electron chi connectivity index (χ3n) is 0.348. The maximum absolute atomic E-state index is 9.82. The molecule has 0 aliphatic carbocycles. The zero-order chi connectivity index (χ0) is 8.57. The van der Waals surface area contributed by atoms with E-state index in [2.05, 4.69) is 4.74 Å². The molecule has 0 amide bonds. The highest BCUT2D eigenvalue weighted by molar-refractivity contribution is 5.65. The van der Waals surface area contributed by atoms with Crippen molar-refractivity contribution in [2.45, 2.75) is 13.8 Å². The second kappa shape index (κ2) is 7.74. The van der Waals surface area contributed by atoms with Gasteiger partial charge in [0.15, 0.2) is 0 Å². The first kappa shape index (κ1) is 11.5. The Hall–Kier alpha value is -1.26. The third-order valence-corrected chi connectivity index (χ3v) is 0.348. The van der Waals surface area contributed by atoms with Crippen molar-refractivity contribution in [2.24, 2.45) is 0 Å². The smallest absolute Gasteiger partial charge is 0.466 e. The SMILES string of the molecule is CCOC(C)=O.O=C(O)O. The van der Waals surface area contributed by atoms with Crippen LogP contribution in [-0.4, -0.2) is 28.9 Å². The van der Waals surface area contributed by atoms with Crippen LogP contribution in [0.2, 0.25) is 0 Å². The Labute approximate surface area is 58.2 Å². The first-order valence-electron chi connectivity index (χ1n) is 2.56. The van der Waals surface area contributed by atoms with E-state index in [1.165, 1.54) is 6.92 Å². The minimum atomic E-state index is -1.83. The molecule has 0 bridgehead atoms. The number of hydrogen-bond acceptors (Lipinski definition) is 3. The summed E-state index contributed by atoms with van der Waals surface area (Å²) in [5.41, 5.74) is 0. The van der Waals surface area contributed by atoms with Gasteiger partial charge < -0.3 is 14.9 Å². The highest BCUT2D eigenvalue weighted by atomic mass is 16.6.